The summed E-state index contributed by atoms with van der Waals surface area (Å²) < 4.78 is 0. The lowest BCUT2D eigenvalue weighted by Crippen LogP contribution is -2.21. The zero-order chi connectivity index (χ0) is 14.2. The first-order valence-electron chi connectivity index (χ1n) is 7.12. The topological polar surface area (TPSA) is 37.8 Å². The van der Waals surface area contributed by atoms with Crippen LogP contribution >= 0.6 is 11.8 Å². The Morgan fingerprint density at radius 3 is 2.55 bits per heavy atom. The van der Waals surface area contributed by atoms with Crippen molar-refractivity contribution in [2.75, 3.05) is 6.54 Å². The predicted molar refractivity (Wildman–Crippen MR) is 83.9 cm³/mol. The standard InChI is InChI=1S/C16H21N3S/c1-3-10-17-14(4-2)13-8-5-6-9-15(13)20-16-18-11-7-12-19-16/h5-9,11-12,14,17H,3-4,10H2,1-2H3. The monoisotopic (exact) mass is 287 g/mol. The molecule has 0 radical (unpaired) electrons. The van der Waals surface area contributed by atoms with Gasteiger partial charge in [-0.05, 0) is 48.8 Å². The smallest absolute Gasteiger partial charge is 0.192 e. The first-order valence-corrected chi connectivity index (χ1v) is 7.94. The second kappa shape index (κ2) is 8.02. The molecule has 1 heterocycles. The molecule has 1 N–H and O–H groups in total. The molecule has 2 aromatic rings. The van der Waals surface area contributed by atoms with Gasteiger partial charge in [-0.3, -0.25) is 0 Å². The minimum absolute atomic E-state index is 0.391. The molecule has 0 saturated heterocycles. The maximum absolute atomic E-state index is 4.29. The molecule has 4 heteroatoms. The molecule has 20 heavy (non-hydrogen) atoms. The van der Waals surface area contributed by atoms with Crippen LogP contribution in [0.4, 0.5) is 0 Å². The number of nitrogens with one attached hydrogen (secondary N) is 1. The van der Waals surface area contributed by atoms with Crippen LogP contribution in [0.1, 0.15) is 38.3 Å². The Labute approximate surface area is 125 Å². The zero-order valence-corrected chi connectivity index (χ0v) is 12.9. The number of nitrogens with zero attached hydrogens (tertiary/aromatic N) is 2. The summed E-state index contributed by atoms with van der Waals surface area (Å²) in [5, 5.41) is 4.40. The van der Waals surface area contributed by atoms with Crippen molar-refractivity contribution in [3.63, 3.8) is 0 Å². The second-order valence-corrected chi connectivity index (χ2v) is 5.60. The third-order valence-corrected chi connectivity index (χ3v) is 4.07. The van der Waals surface area contributed by atoms with Crippen molar-refractivity contribution in [1.82, 2.24) is 15.3 Å². The highest BCUT2D eigenvalue weighted by atomic mass is 32.2. The molecule has 0 saturated carbocycles. The Bertz CT molecular complexity index is 516. The number of rotatable bonds is 7. The summed E-state index contributed by atoms with van der Waals surface area (Å²) in [5.41, 5.74) is 1.33. The minimum atomic E-state index is 0.391. The molecule has 106 valence electrons. The Morgan fingerprint density at radius 1 is 1.10 bits per heavy atom. The van der Waals surface area contributed by atoms with Crippen LogP contribution in [0.25, 0.3) is 0 Å². The van der Waals surface area contributed by atoms with E-state index in [4.69, 9.17) is 0 Å². The van der Waals surface area contributed by atoms with E-state index in [9.17, 15) is 0 Å². The average molecular weight is 287 g/mol. The normalized spacial score (nSPS) is 12.3. The Balaban J connectivity index is 2.20. The summed E-state index contributed by atoms with van der Waals surface area (Å²) in [6, 6.07) is 10.7. The highest BCUT2D eigenvalue weighted by Crippen LogP contribution is 2.32. The molecule has 2 rings (SSSR count). The van der Waals surface area contributed by atoms with E-state index in [2.05, 4.69) is 53.4 Å². The summed E-state index contributed by atoms with van der Waals surface area (Å²) in [7, 11) is 0. The number of aromatic nitrogens is 2. The molecule has 0 bridgehead atoms. The summed E-state index contributed by atoms with van der Waals surface area (Å²) >= 11 is 1.63. The fourth-order valence-electron chi connectivity index (χ4n) is 2.09. The Hall–Kier alpha value is -1.39. The molecule has 0 aliphatic carbocycles. The molecule has 0 spiro atoms. The van der Waals surface area contributed by atoms with E-state index in [1.807, 2.05) is 6.07 Å². The van der Waals surface area contributed by atoms with Crippen molar-refractivity contribution in [2.45, 2.75) is 42.8 Å². The van der Waals surface area contributed by atoms with Crippen LogP contribution in [-0.4, -0.2) is 16.5 Å². The van der Waals surface area contributed by atoms with Gasteiger partial charge in [0, 0.05) is 23.3 Å². The van der Waals surface area contributed by atoms with Gasteiger partial charge in [0.15, 0.2) is 5.16 Å². The van der Waals surface area contributed by atoms with Gasteiger partial charge in [0.1, 0.15) is 0 Å². The molecule has 0 aliphatic heterocycles. The lowest BCUT2D eigenvalue weighted by Gasteiger charge is -2.19. The van der Waals surface area contributed by atoms with E-state index in [1.54, 1.807) is 24.2 Å². The largest absolute Gasteiger partial charge is 0.310 e. The molecule has 1 unspecified atom stereocenters. The van der Waals surface area contributed by atoms with Gasteiger partial charge in [-0.25, -0.2) is 9.97 Å². The van der Waals surface area contributed by atoms with Gasteiger partial charge in [-0.1, -0.05) is 32.0 Å². The molecule has 1 aromatic heterocycles. The minimum Gasteiger partial charge on any atom is -0.310 e. The number of benzene rings is 1. The van der Waals surface area contributed by atoms with Gasteiger partial charge < -0.3 is 5.32 Å². The van der Waals surface area contributed by atoms with E-state index in [1.165, 1.54) is 10.5 Å². The van der Waals surface area contributed by atoms with Crippen molar-refractivity contribution in [2.24, 2.45) is 0 Å². The quantitative estimate of drug-likeness (QED) is 0.779. The van der Waals surface area contributed by atoms with Gasteiger partial charge in [0.25, 0.3) is 0 Å². The maximum atomic E-state index is 4.29. The van der Waals surface area contributed by atoms with E-state index >= 15 is 0 Å². The van der Waals surface area contributed by atoms with Crippen LogP contribution in [0.2, 0.25) is 0 Å². The van der Waals surface area contributed by atoms with Crippen molar-refractivity contribution in [1.29, 1.82) is 0 Å². The number of hydrogen-bond acceptors (Lipinski definition) is 4. The summed E-state index contributed by atoms with van der Waals surface area (Å²) in [6.07, 6.45) is 5.79. The molecule has 1 atom stereocenters. The lowest BCUT2D eigenvalue weighted by molar-refractivity contribution is 0.512. The first kappa shape index (κ1) is 15.0. The molecular weight excluding hydrogens is 266 g/mol. The highest BCUT2D eigenvalue weighted by Gasteiger charge is 2.13. The summed E-state index contributed by atoms with van der Waals surface area (Å²) in [4.78, 5) is 9.82. The van der Waals surface area contributed by atoms with Crippen molar-refractivity contribution in [3.05, 3.63) is 48.3 Å². The van der Waals surface area contributed by atoms with Crippen molar-refractivity contribution in [3.8, 4) is 0 Å². The van der Waals surface area contributed by atoms with Gasteiger partial charge >= 0.3 is 0 Å². The Morgan fingerprint density at radius 2 is 1.85 bits per heavy atom. The third kappa shape index (κ3) is 4.05. The molecule has 3 nitrogen and oxygen atoms in total. The third-order valence-electron chi connectivity index (χ3n) is 3.09. The molecule has 0 fully saturated rings. The second-order valence-electron chi connectivity index (χ2n) is 4.59. The zero-order valence-electron chi connectivity index (χ0n) is 12.0. The first-order chi connectivity index (χ1) is 9.85. The van der Waals surface area contributed by atoms with Crippen LogP contribution in [0.3, 0.4) is 0 Å². The predicted octanol–water partition coefficient (Wildman–Crippen LogP) is 4.08. The van der Waals surface area contributed by atoms with Crippen LogP contribution in [0.15, 0.2) is 52.8 Å². The highest BCUT2D eigenvalue weighted by molar-refractivity contribution is 7.99. The molecular formula is C16H21N3S. The van der Waals surface area contributed by atoms with Crippen LogP contribution in [-0.2, 0) is 0 Å². The summed E-state index contributed by atoms with van der Waals surface area (Å²) in [6.45, 7) is 5.45. The maximum Gasteiger partial charge on any atom is 0.192 e. The summed E-state index contributed by atoms with van der Waals surface area (Å²) in [5.74, 6) is 0. The van der Waals surface area contributed by atoms with E-state index in [0.29, 0.717) is 6.04 Å². The van der Waals surface area contributed by atoms with Gasteiger partial charge in [0.2, 0.25) is 0 Å². The fraction of sp³-hybridized carbons (Fsp3) is 0.375. The SMILES string of the molecule is CCCNC(CC)c1ccccc1Sc1ncccn1. The van der Waals surface area contributed by atoms with Gasteiger partial charge in [-0.15, -0.1) is 0 Å². The number of hydrogen-bond donors (Lipinski definition) is 1. The van der Waals surface area contributed by atoms with Crippen molar-refractivity contribution >= 4 is 11.8 Å². The fourth-order valence-corrected chi connectivity index (χ4v) is 2.99. The van der Waals surface area contributed by atoms with Crippen LogP contribution in [0.5, 0.6) is 0 Å². The Kier molecular flexibility index (Phi) is 6.02. The average Bonchev–Trinajstić information content (AvgIpc) is 2.50. The molecule has 1 aromatic carbocycles. The van der Waals surface area contributed by atoms with Crippen molar-refractivity contribution < 1.29 is 0 Å². The van der Waals surface area contributed by atoms with Crippen LogP contribution < -0.4 is 5.32 Å². The van der Waals surface area contributed by atoms with E-state index in [-0.39, 0.29) is 0 Å². The van der Waals surface area contributed by atoms with Gasteiger partial charge in [0.05, 0.1) is 0 Å². The van der Waals surface area contributed by atoms with Gasteiger partial charge in [-0.2, -0.15) is 0 Å². The van der Waals surface area contributed by atoms with Crippen LogP contribution in [0, 0.1) is 0 Å². The lowest BCUT2D eigenvalue weighted by atomic mass is 10.0. The van der Waals surface area contributed by atoms with E-state index < -0.39 is 0 Å². The molecule has 0 amide bonds. The molecule has 0 aliphatic rings. The van der Waals surface area contributed by atoms with E-state index in [0.717, 1.165) is 24.5 Å².